The van der Waals surface area contributed by atoms with Crippen molar-refractivity contribution in [2.24, 2.45) is 56.7 Å². The van der Waals surface area contributed by atoms with Crippen molar-refractivity contribution in [2.45, 2.75) is 163 Å². The van der Waals surface area contributed by atoms with Gasteiger partial charge in [-0.1, -0.05) is 78.9 Å². The number of hydrogen-bond acceptors (Lipinski definition) is 3. The number of carbonyl (C=O) groups is 2. The number of allylic oxidation sites excluding steroid dienone is 1. The first-order chi connectivity index (χ1) is 21.1. The lowest BCUT2D eigenvalue weighted by atomic mass is 9.32. The second-order valence-corrected chi connectivity index (χ2v) is 18.1. The first-order valence-electron chi connectivity index (χ1n) is 19.0. The molecule has 0 aromatic heterocycles. The van der Waals surface area contributed by atoms with Crippen LogP contribution >= 0.6 is 0 Å². The van der Waals surface area contributed by atoms with Gasteiger partial charge in [-0.25, -0.2) is 0 Å². The Morgan fingerprint density at radius 3 is 2.09 bits per heavy atom. The van der Waals surface area contributed by atoms with Crippen molar-refractivity contribution in [3.05, 3.63) is 12.2 Å². The van der Waals surface area contributed by atoms with Gasteiger partial charge in [0.2, 0.25) is 5.91 Å². The van der Waals surface area contributed by atoms with Crippen LogP contribution in [-0.2, 0) is 9.59 Å². The number of amides is 1. The first kappa shape index (κ1) is 35.0. The SMILES string of the molecule is C=C(C)[C@@H]1CC[C@]2(C(=O)NCCCCCCCCCC(=O)O)CC[C@]3(C)[C@H](CC[C@@H]4[C@@]5(C)CC[C@H](O)C(C)(C)[C@@H]5CC[C@]43C)[C@@H]12. The average molecular weight is 626 g/mol. The lowest BCUT2D eigenvalue weighted by Crippen LogP contribution is -2.67. The molecular formula is C40H67NO4. The predicted molar refractivity (Wildman–Crippen MR) is 183 cm³/mol. The largest absolute Gasteiger partial charge is 0.481 e. The van der Waals surface area contributed by atoms with Crippen molar-refractivity contribution in [1.82, 2.24) is 5.32 Å². The molecule has 0 heterocycles. The second-order valence-electron chi connectivity index (χ2n) is 18.1. The highest BCUT2D eigenvalue weighted by Crippen LogP contribution is 2.77. The molecular weight excluding hydrogens is 558 g/mol. The van der Waals surface area contributed by atoms with E-state index in [9.17, 15) is 14.7 Å². The summed E-state index contributed by atoms with van der Waals surface area (Å²) in [5.74, 6) is 2.29. The zero-order valence-electron chi connectivity index (χ0n) is 29.8. The summed E-state index contributed by atoms with van der Waals surface area (Å²) in [5, 5.41) is 23.3. The van der Waals surface area contributed by atoms with E-state index in [2.05, 4.69) is 53.4 Å². The molecule has 5 saturated carbocycles. The number of carbonyl (C=O) groups excluding carboxylic acids is 1. The van der Waals surface area contributed by atoms with Crippen LogP contribution in [0.15, 0.2) is 12.2 Å². The Morgan fingerprint density at radius 2 is 1.42 bits per heavy atom. The summed E-state index contributed by atoms with van der Waals surface area (Å²) >= 11 is 0. The molecule has 256 valence electrons. The fourth-order valence-corrected chi connectivity index (χ4v) is 13.2. The molecule has 10 atom stereocenters. The Bertz CT molecular complexity index is 1120. The van der Waals surface area contributed by atoms with Gasteiger partial charge < -0.3 is 15.5 Å². The molecule has 5 fully saturated rings. The minimum atomic E-state index is -0.694. The Morgan fingerprint density at radius 1 is 0.756 bits per heavy atom. The van der Waals surface area contributed by atoms with Gasteiger partial charge in [-0.05, 0) is 135 Å². The molecule has 0 aromatic carbocycles. The van der Waals surface area contributed by atoms with Crippen molar-refractivity contribution in [3.8, 4) is 0 Å². The fourth-order valence-electron chi connectivity index (χ4n) is 13.2. The van der Waals surface area contributed by atoms with E-state index in [1.165, 1.54) is 31.3 Å². The number of nitrogens with one attached hydrogen (secondary N) is 1. The molecule has 0 aliphatic heterocycles. The molecule has 5 rings (SSSR count). The smallest absolute Gasteiger partial charge is 0.303 e. The highest BCUT2D eigenvalue weighted by Gasteiger charge is 2.71. The first-order valence-corrected chi connectivity index (χ1v) is 19.0. The van der Waals surface area contributed by atoms with Gasteiger partial charge in [-0.15, -0.1) is 0 Å². The Balaban J connectivity index is 1.27. The number of aliphatic hydroxyl groups is 1. The van der Waals surface area contributed by atoms with Crippen molar-refractivity contribution < 1.29 is 19.8 Å². The van der Waals surface area contributed by atoms with E-state index in [1.54, 1.807) is 0 Å². The molecule has 0 saturated heterocycles. The van der Waals surface area contributed by atoms with E-state index in [0.717, 1.165) is 90.0 Å². The molecule has 0 radical (unpaired) electrons. The standard InChI is InChI=1S/C40H67NO4/c1-27(2)28-18-23-40(35(45)41-26-14-12-10-8-9-11-13-15-33(43)44)25-24-38(6)29(34(28)40)16-17-31-37(5)21-20-32(42)36(3,4)30(37)19-22-39(31,38)7/h28-32,34,42H,1,8-26H2,2-7H3,(H,41,45)(H,43,44)/t28-,29+,30-,31+,32-,34+,37-,38+,39+,40-/m0/s1. The van der Waals surface area contributed by atoms with Crippen LogP contribution in [0.3, 0.4) is 0 Å². The summed E-state index contributed by atoms with van der Waals surface area (Å²) in [5.41, 5.74) is 1.77. The van der Waals surface area contributed by atoms with Crippen molar-refractivity contribution in [1.29, 1.82) is 0 Å². The third kappa shape index (κ3) is 5.75. The van der Waals surface area contributed by atoms with Gasteiger partial charge in [-0.3, -0.25) is 9.59 Å². The maximum absolute atomic E-state index is 14.3. The van der Waals surface area contributed by atoms with E-state index in [4.69, 9.17) is 5.11 Å². The third-order valence-corrected chi connectivity index (χ3v) is 15.9. The van der Waals surface area contributed by atoms with Crippen molar-refractivity contribution in [3.63, 3.8) is 0 Å². The number of rotatable bonds is 12. The van der Waals surface area contributed by atoms with Crippen molar-refractivity contribution in [2.75, 3.05) is 6.54 Å². The van der Waals surface area contributed by atoms with Gasteiger partial charge in [0, 0.05) is 13.0 Å². The second kappa shape index (κ2) is 12.9. The molecule has 0 spiro atoms. The maximum Gasteiger partial charge on any atom is 0.303 e. The van der Waals surface area contributed by atoms with Crippen LogP contribution in [0.1, 0.15) is 157 Å². The number of hydrogen-bond donors (Lipinski definition) is 3. The quantitative estimate of drug-likeness (QED) is 0.149. The highest BCUT2D eigenvalue weighted by molar-refractivity contribution is 5.83. The van der Waals surface area contributed by atoms with Crippen LogP contribution < -0.4 is 5.32 Å². The van der Waals surface area contributed by atoms with Crippen LogP contribution in [0.4, 0.5) is 0 Å². The van der Waals surface area contributed by atoms with E-state index in [-0.39, 0.29) is 39.6 Å². The summed E-state index contributed by atoms with van der Waals surface area (Å²) < 4.78 is 0. The number of unbranched alkanes of at least 4 members (excludes halogenated alkanes) is 6. The van der Waals surface area contributed by atoms with Crippen LogP contribution in [0.25, 0.3) is 0 Å². The molecule has 5 heteroatoms. The number of aliphatic carboxylic acids is 1. The van der Waals surface area contributed by atoms with Crippen molar-refractivity contribution >= 4 is 11.9 Å². The number of carboxylic acids is 1. The van der Waals surface area contributed by atoms with E-state index >= 15 is 0 Å². The minimum absolute atomic E-state index is 0.0235. The molecule has 5 aliphatic rings. The molecule has 45 heavy (non-hydrogen) atoms. The highest BCUT2D eigenvalue weighted by atomic mass is 16.4. The summed E-state index contributed by atoms with van der Waals surface area (Å²) in [6.45, 7) is 20.1. The molecule has 5 nitrogen and oxygen atoms in total. The summed E-state index contributed by atoms with van der Waals surface area (Å²) in [4.78, 5) is 25.0. The maximum atomic E-state index is 14.3. The van der Waals surface area contributed by atoms with Crippen LogP contribution in [0.2, 0.25) is 0 Å². The van der Waals surface area contributed by atoms with Gasteiger partial charge in [0.25, 0.3) is 0 Å². The molecule has 0 aromatic rings. The molecule has 0 unspecified atom stereocenters. The monoisotopic (exact) mass is 626 g/mol. The summed E-state index contributed by atoms with van der Waals surface area (Å²) in [6.07, 6.45) is 18.8. The van der Waals surface area contributed by atoms with E-state index in [0.29, 0.717) is 35.5 Å². The lowest BCUT2D eigenvalue weighted by molar-refractivity contribution is -0.246. The Labute approximate surface area is 275 Å². The van der Waals surface area contributed by atoms with Gasteiger partial charge >= 0.3 is 5.97 Å². The minimum Gasteiger partial charge on any atom is -0.481 e. The van der Waals surface area contributed by atoms with E-state index in [1.807, 2.05) is 0 Å². The average Bonchev–Trinajstić information content (AvgIpc) is 3.38. The Hall–Kier alpha value is -1.36. The van der Waals surface area contributed by atoms with Crippen LogP contribution in [0.5, 0.6) is 0 Å². The Kier molecular flexibility index (Phi) is 10.0. The van der Waals surface area contributed by atoms with Crippen LogP contribution in [0, 0.1) is 56.7 Å². The van der Waals surface area contributed by atoms with E-state index < -0.39 is 5.97 Å². The zero-order valence-corrected chi connectivity index (χ0v) is 29.8. The molecule has 5 aliphatic carbocycles. The normalized spacial score (nSPS) is 43.4. The number of carboxylic acid groups (broad SMARTS) is 1. The third-order valence-electron chi connectivity index (χ3n) is 15.9. The summed E-state index contributed by atoms with van der Waals surface area (Å²) in [7, 11) is 0. The summed E-state index contributed by atoms with van der Waals surface area (Å²) in [6, 6.07) is 0. The number of aliphatic hydroxyl groups excluding tert-OH is 1. The van der Waals surface area contributed by atoms with Crippen LogP contribution in [-0.4, -0.2) is 34.7 Å². The topological polar surface area (TPSA) is 86.6 Å². The molecule has 0 bridgehead atoms. The number of fused-ring (bicyclic) bond motifs is 7. The van der Waals surface area contributed by atoms with Gasteiger partial charge in [0.05, 0.1) is 11.5 Å². The van der Waals surface area contributed by atoms with Gasteiger partial charge in [0.1, 0.15) is 0 Å². The van der Waals surface area contributed by atoms with Gasteiger partial charge in [-0.2, -0.15) is 0 Å². The zero-order chi connectivity index (χ0) is 32.8. The fraction of sp³-hybridized carbons (Fsp3) is 0.900. The lowest BCUT2D eigenvalue weighted by Gasteiger charge is -2.72. The van der Waals surface area contributed by atoms with Gasteiger partial charge in [0.15, 0.2) is 0 Å². The molecule has 3 N–H and O–H groups in total. The predicted octanol–water partition coefficient (Wildman–Crippen LogP) is 9.33. The molecule has 1 amide bonds.